The number of hydrogen-bond donors (Lipinski definition) is 1. The maximum absolute atomic E-state index is 12.1. The lowest BCUT2D eigenvalue weighted by Gasteiger charge is -2.12. The van der Waals surface area contributed by atoms with Gasteiger partial charge in [-0.3, -0.25) is 4.79 Å². The average molecular weight is 401 g/mol. The van der Waals surface area contributed by atoms with Crippen LogP contribution in [0.15, 0.2) is 47.6 Å². The highest BCUT2D eigenvalue weighted by Crippen LogP contribution is 2.17. The van der Waals surface area contributed by atoms with Crippen LogP contribution in [0, 0.1) is 0 Å². The fourth-order valence-electron chi connectivity index (χ4n) is 2.46. The van der Waals surface area contributed by atoms with Gasteiger partial charge in [0.2, 0.25) is 11.8 Å². The lowest BCUT2D eigenvalue weighted by atomic mass is 10.0. The maximum Gasteiger partial charge on any atom is 0.273 e. The third-order valence-corrected chi connectivity index (χ3v) is 3.80. The largest absolute Gasteiger partial charge is 0.475 e. The predicted octanol–water partition coefficient (Wildman–Crippen LogP) is 2.56. The van der Waals surface area contributed by atoms with Crippen molar-refractivity contribution < 1.29 is 23.8 Å². The summed E-state index contributed by atoms with van der Waals surface area (Å²) in [6.07, 6.45) is 0.972. The summed E-state index contributed by atoms with van der Waals surface area (Å²) in [7, 11) is 2.93. The Morgan fingerprint density at radius 3 is 2.52 bits per heavy atom. The minimum atomic E-state index is -0.349. The van der Waals surface area contributed by atoms with Crippen molar-refractivity contribution in [2.75, 3.05) is 34.0 Å². The highest BCUT2D eigenvalue weighted by atomic mass is 16.6. The summed E-state index contributed by atoms with van der Waals surface area (Å²) in [5.41, 5.74) is 1.56. The first-order chi connectivity index (χ1) is 14.2. The summed E-state index contributed by atoms with van der Waals surface area (Å²) in [6, 6.07) is 12.6. The summed E-state index contributed by atoms with van der Waals surface area (Å²) >= 11 is 0. The second kappa shape index (κ2) is 12.4. The maximum atomic E-state index is 12.1. The van der Waals surface area contributed by atoms with Crippen LogP contribution in [0.1, 0.15) is 24.5 Å². The van der Waals surface area contributed by atoms with Crippen molar-refractivity contribution in [3.05, 3.63) is 53.6 Å². The summed E-state index contributed by atoms with van der Waals surface area (Å²) in [4.78, 5) is 21.3. The van der Waals surface area contributed by atoms with Crippen LogP contribution in [-0.2, 0) is 21.0 Å². The van der Waals surface area contributed by atoms with E-state index in [4.69, 9.17) is 19.0 Å². The van der Waals surface area contributed by atoms with E-state index in [2.05, 4.69) is 22.4 Å². The van der Waals surface area contributed by atoms with Gasteiger partial charge in [-0.25, -0.2) is 0 Å². The molecule has 0 fully saturated rings. The molecule has 2 rings (SSSR count). The average Bonchev–Trinajstić information content (AvgIpc) is 2.76. The van der Waals surface area contributed by atoms with Gasteiger partial charge in [0.05, 0.1) is 6.61 Å². The lowest BCUT2D eigenvalue weighted by Crippen LogP contribution is -2.29. The summed E-state index contributed by atoms with van der Waals surface area (Å²) in [6.45, 7) is 3.90. The topological polar surface area (TPSA) is 91.3 Å². The van der Waals surface area contributed by atoms with E-state index in [9.17, 15) is 4.79 Å². The molecule has 0 bridgehead atoms. The Morgan fingerprint density at radius 2 is 1.79 bits per heavy atom. The third-order valence-electron chi connectivity index (χ3n) is 3.80. The van der Waals surface area contributed by atoms with Crippen molar-refractivity contribution >= 4 is 11.6 Å². The van der Waals surface area contributed by atoms with Crippen molar-refractivity contribution in [1.29, 1.82) is 0 Å². The van der Waals surface area contributed by atoms with E-state index < -0.39 is 0 Å². The molecule has 0 radical (unpaired) electrons. The number of hydrogen-bond acceptors (Lipinski definition) is 7. The Labute approximate surface area is 170 Å². The van der Waals surface area contributed by atoms with Crippen LogP contribution in [-0.4, -0.2) is 50.6 Å². The number of nitrogens with one attached hydrogen (secondary N) is 1. The van der Waals surface area contributed by atoms with E-state index >= 15 is 0 Å². The van der Waals surface area contributed by atoms with E-state index in [1.54, 1.807) is 24.3 Å². The van der Waals surface area contributed by atoms with Gasteiger partial charge >= 0.3 is 0 Å². The molecule has 2 aromatic rings. The molecule has 0 aliphatic heterocycles. The molecule has 0 saturated carbocycles. The van der Waals surface area contributed by atoms with Gasteiger partial charge in [0.15, 0.2) is 5.71 Å². The van der Waals surface area contributed by atoms with Crippen molar-refractivity contribution in [2.24, 2.45) is 5.16 Å². The van der Waals surface area contributed by atoms with Crippen LogP contribution in [0.2, 0.25) is 0 Å². The van der Waals surface area contributed by atoms with Crippen LogP contribution in [0.4, 0.5) is 0 Å². The van der Waals surface area contributed by atoms with Gasteiger partial charge in [0.1, 0.15) is 20.3 Å². The first kappa shape index (κ1) is 22.2. The molecular weight excluding hydrogens is 374 g/mol. The molecule has 0 aliphatic carbocycles. The van der Waals surface area contributed by atoms with Crippen LogP contribution >= 0.6 is 0 Å². The number of pyridine rings is 1. The summed E-state index contributed by atoms with van der Waals surface area (Å²) < 4.78 is 16.8. The molecule has 8 nitrogen and oxygen atoms in total. The van der Waals surface area contributed by atoms with Gasteiger partial charge in [-0.1, -0.05) is 42.4 Å². The molecular formula is C21H27N3O5. The van der Waals surface area contributed by atoms with Crippen LogP contribution in [0.3, 0.4) is 0 Å². The third kappa shape index (κ3) is 7.08. The Bertz CT molecular complexity index is 810. The summed E-state index contributed by atoms with van der Waals surface area (Å²) in [5, 5.41) is 6.41. The van der Waals surface area contributed by atoms with Gasteiger partial charge in [0.25, 0.3) is 5.91 Å². The second-order valence-electron chi connectivity index (χ2n) is 5.92. The Kier molecular flexibility index (Phi) is 9.44. The van der Waals surface area contributed by atoms with Crippen molar-refractivity contribution in [3.63, 3.8) is 0 Å². The van der Waals surface area contributed by atoms with Gasteiger partial charge < -0.3 is 24.4 Å². The van der Waals surface area contributed by atoms with Gasteiger partial charge in [0, 0.05) is 31.4 Å². The van der Waals surface area contributed by atoms with Crippen molar-refractivity contribution in [1.82, 2.24) is 10.3 Å². The molecule has 1 N–H and O–H groups in total. The minimum absolute atomic E-state index is 0.173. The smallest absolute Gasteiger partial charge is 0.273 e. The van der Waals surface area contributed by atoms with Crippen LogP contribution < -0.4 is 14.8 Å². The second-order valence-corrected chi connectivity index (χ2v) is 5.92. The number of carbonyl (C=O) groups excluding carboxylic acids is 1. The van der Waals surface area contributed by atoms with Crippen molar-refractivity contribution in [2.45, 2.75) is 20.0 Å². The van der Waals surface area contributed by atoms with Gasteiger partial charge in [-0.2, -0.15) is 4.98 Å². The summed E-state index contributed by atoms with van der Waals surface area (Å²) in [5.74, 6) is 0.526. The molecule has 1 aromatic carbocycles. The molecule has 0 saturated heterocycles. The van der Waals surface area contributed by atoms with Crippen molar-refractivity contribution in [3.8, 4) is 11.8 Å². The molecule has 8 heteroatoms. The predicted molar refractivity (Wildman–Crippen MR) is 109 cm³/mol. The molecule has 0 unspecified atom stereocenters. The minimum Gasteiger partial charge on any atom is -0.475 e. The van der Waals surface area contributed by atoms with E-state index in [0.717, 1.165) is 12.0 Å². The Balaban J connectivity index is 2.04. The number of aromatic nitrogens is 1. The Hall–Kier alpha value is -3.13. The van der Waals surface area contributed by atoms with Gasteiger partial charge in [-0.15, -0.1) is 0 Å². The van der Waals surface area contributed by atoms with Crippen LogP contribution in [0.5, 0.6) is 11.8 Å². The number of carbonyl (C=O) groups is 1. The van der Waals surface area contributed by atoms with Crippen LogP contribution in [0.25, 0.3) is 0 Å². The SMILES string of the molecule is CCCOCCOc1cccc(OCc2ccccc2/C(=N/OC)C(=O)NC)n1. The monoisotopic (exact) mass is 401 g/mol. The number of likely N-dealkylation sites (N-methyl/N-ethyl adjacent to an activating group) is 1. The molecule has 29 heavy (non-hydrogen) atoms. The normalized spacial score (nSPS) is 11.1. The number of ether oxygens (including phenoxy) is 3. The van der Waals surface area contributed by atoms with E-state index in [1.807, 2.05) is 18.2 Å². The molecule has 1 aromatic heterocycles. The van der Waals surface area contributed by atoms with E-state index in [-0.39, 0.29) is 18.2 Å². The first-order valence-corrected chi connectivity index (χ1v) is 9.41. The highest BCUT2D eigenvalue weighted by molar-refractivity contribution is 6.45. The standard InChI is InChI=1S/C21H27N3O5/c1-4-12-27-13-14-28-18-10-7-11-19(23-18)29-15-16-8-5-6-9-17(16)20(24-26-3)21(25)22-2/h5-11H,4,12-15H2,1-3H3,(H,22,25)/b24-20-. The molecule has 156 valence electrons. The quantitative estimate of drug-likeness (QED) is 0.334. The molecule has 1 amide bonds. The number of oxime groups is 1. The Morgan fingerprint density at radius 1 is 1.03 bits per heavy atom. The molecule has 1 heterocycles. The van der Waals surface area contributed by atoms with E-state index in [0.29, 0.717) is 37.1 Å². The fourth-order valence-corrected chi connectivity index (χ4v) is 2.46. The molecule has 0 atom stereocenters. The number of nitrogens with zero attached hydrogens (tertiary/aromatic N) is 2. The number of rotatable bonds is 12. The first-order valence-electron chi connectivity index (χ1n) is 9.41. The molecule has 0 spiro atoms. The lowest BCUT2D eigenvalue weighted by molar-refractivity contribution is -0.114. The van der Waals surface area contributed by atoms with E-state index in [1.165, 1.54) is 14.2 Å². The number of amides is 1. The highest BCUT2D eigenvalue weighted by Gasteiger charge is 2.17. The number of benzene rings is 1. The zero-order valence-corrected chi connectivity index (χ0v) is 17.0. The molecule has 0 aliphatic rings. The fraction of sp³-hybridized carbons (Fsp3) is 0.381. The van der Waals surface area contributed by atoms with Gasteiger partial charge in [-0.05, 0) is 12.0 Å². The zero-order chi connectivity index (χ0) is 20.9. The zero-order valence-electron chi connectivity index (χ0n) is 17.0.